The minimum atomic E-state index is -0.837. The van der Waals surface area contributed by atoms with Gasteiger partial charge < -0.3 is 14.2 Å². The molecule has 0 saturated heterocycles. The summed E-state index contributed by atoms with van der Waals surface area (Å²) in [4.78, 5) is 37.8. The van der Waals surface area contributed by atoms with Gasteiger partial charge in [0.05, 0.1) is 0 Å². The summed E-state index contributed by atoms with van der Waals surface area (Å²) in [6.45, 7) is 6.23. The predicted molar refractivity (Wildman–Crippen MR) is 269 cm³/mol. The number of unbranched alkanes of at least 4 members (excludes halogenated alkanes) is 9. The highest BCUT2D eigenvalue weighted by atomic mass is 16.6. The summed E-state index contributed by atoms with van der Waals surface area (Å²) in [7, 11) is 0. The van der Waals surface area contributed by atoms with E-state index in [1.165, 1.54) is 25.7 Å². The van der Waals surface area contributed by atoms with Crippen LogP contribution in [0, 0.1) is 0 Å². The van der Waals surface area contributed by atoms with Gasteiger partial charge in [0.2, 0.25) is 0 Å². The molecule has 0 bridgehead atoms. The summed E-state index contributed by atoms with van der Waals surface area (Å²) in [6.07, 6.45) is 70.2. The van der Waals surface area contributed by atoms with Crippen molar-refractivity contribution < 1.29 is 28.6 Å². The van der Waals surface area contributed by atoms with Crippen LogP contribution in [0.3, 0.4) is 0 Å². The van der Waals surface area contributed by atoms with Crippen LogP contribution in [0.2, 0.25) is 0 Å². The zero-order valence-electron chi connectivity index (χ0n) is 40.0. The Kier molecular flexibility index (Phi) is 46.7. The highest BCUT2D eigenvalue weighted by molar-refractivity contribution is 5.71. The van der Waals surface area contributed by atoms with Crippen molar-refractivity contribution in [1.82, 2.24) is 0 Å². The molecule has 0 radical (unpaired) electrons. The maximum absolute atomic E-state index is 12.8. The van der Waals surface area contributed by atoms with E-state index < -0.39 is 6.10 Å². The van der Waals surface area contributed by atoms with Gasteiger partial charge in [-0.3, -0.25) is 14.4 Å². The van der Waals surface area contributed by atoms with E-state index in [0.29, 0.717) is 19.3 Å². The first-order valence-electron chi connectivity index (χ1n) is 24.7. The van der Waals surface area contributed by atoms with Crippen LogP contribution in [0.4, 0.5) is 0 Å². The van der Waals surface area contributed by atoms with Crippen molar-refractivity contribution in [3.8, 4) is 0 Å². The summed E-state index contributed by atoms with van der Waals surface area (Å²) in [5.74, 6) is -1.08. The second kappa shape index (κ2) is 50.2. The summed E-state index contributed by atoms with van der Waals surface area (Å²) >= 11 is 0. The number of esters is 3. The van der Waals surface area contributed by atoms with Gasteiger partial charge in [0, 0.05) is 19.3 Å². The quantitative estimate of drug-likeness (QED) is 0.0263. The zero-order chi connectivity index (χ0) is 45.8. The lowest BCUT2D eigenvalue weighted by atomic mass is 10.1. The number of ether oxygens (including phenoxy) is 3. The van der Waals surface area contributed by atoms with Gasteiger partial charge in [-0.25, -0.2) is 0 Å². The van der Waals surface area contributed by atoms with E-state index in [0.717, 1.165) is 109 Å². The van der Waals surface area contributed by atoms with Crippen molar-refractivity contribution >= 4 is 17.9 Å². The van der Waals surface area contributed by atoms with Gasteiger partial charge in [-0.2, -0.15) is 0 Å². The van der Waals surface area contributed by atoms with Gasteiger partial charge in [0.15, 0.2) is 6.10 Å². The number of hydrogen-bond donors (Lipinski definition) is 0. The largest absolute Gasteiger partial charge is 0.462 e. The Bertz CT molecular complexity index is 1420. The van der Waals surface area contributed by atoms with E-state index in [1.807, 2.05) is 12.2 Å². The molecule has 0 aliphatic heterocycles. The first-order chi connectivity index (χ1) is 31.0. The Balaban J connectivity index is 4.59. The van der Waals surface area contributed by atoms with Crippen LogP contribution >= 0.6 is 0 Å². The SMILES string of the molecule is CC/C=C\C/C=C\C/C=C\C/C=C\C/C=C\C/C=C\CCC(=O)OCC(COC(=O)CCCCCCC/C=C\CCCC)OC(=O)CCCC/C=C\C/C=C\C/C=C\C/C=C\CC. The smallest absolute Gasteiger partial charge is 0.306 e. The molecule has 6 heteroatoms. The lowest BCUT2D eigenvalue weighted by Gasteiger charge is -2.18. The molecule has 63 heavy (non-hydrogen) atoms. The Morgan fingerprint density at radius 3 is 1.11 bits per heavy atom. The molecular weight excluding hydrogens is 781 g/mol. The highest BCUT2D eigenvalue weighted by Crippen LogP contribution is 2.11. The van der Waals surface area contributed by atoms with Crippen molar-refractivity contribution in [2.75, 3.05) is 13.2 Å². The van der Waals surface area contributed by atoms with E-state index >= 15 is 0 Å². The molecule has 0 heterocycles. The number of carbonyl (C=O) groups excluding carboxylic acids is 3. The monoisotopic (exact) mass is 869 g/mol. The molecule has 0 fully saturated rings. The molecule has 0 saturated carbocycles. The molecule has 0 amide bonds. The minimum absolute atomic E-state index is 0.128. The molecule has 0 rings (SSSR count). The summed E-state index contributed by atoms with van der Waals surface area (Å²) < 4.78 is 16.6. The van der Waals surface area contributed by atoms with Crippen LogP contribution < -0.4 is 0 Å². The maximum Gasteiger partial charge on any atom is 0.306 e. The molecule has 0 N–H and O–H groups in total. The second-order valence-electron chi connectivity index (χ2n) is 15.6. The summed E-state index contributed by atoms with van der Waals surface area (Å²) in [5, 5.41) is 0. The first-order valence-corrected chi connectivity index (χ1v) is 24.7. The Hall–Kier alpha value is -4.45. The summed E-state index contributed by atoms with van der Waals surface area (Å²) in [5.41, 5.74) is 0. The van der Waals surface area contributed by atoms with E-state index in [4.69, 9.17) is 14.2 Å². The van der Waals surface area contributed by atoms with Crippen molar-refractivity contribution in [1.29, 1.82) is 0 Å². The van der Waals surface area contributed by atoms with Gasteiger partial charge in [-0.05, 0) is 116 Å². The van der Waals surface area contributed by atoms with Crippen molar-refractivity contribution in [2.45, 2.75) is 194 Å². The van der Waals surface area contributed by atoms with Crippen LogP contribution in [-0.4, -0.2) is 37.2 Å². The van der Waals surface area contributed by atoms with Crippen LogP contribution in [-0.2, 0) is 28.6 Å². The number of allylic oxidation sites excluding steroid dienone is 22. The van der Waals surface area contributed by atoms with E-state index in [2.05, 4.69) is 142 Å². The molecular formula is C57H88O6. The number of hydrogen-bond acceptors (Lipinski definition) is 6. The third kappa shape index (κ3) is 48.4. The molecule has 0 aliphatic carbocycles. The van der Waals surface area contributed by atoms with Crippen molar-refractivity contribution in [3.63, 3.8) is 0 Å². The Labute approximate surface area is 385 Å². The lowest BCUT2D eigenvalue weighted by Crippen LogP contribution is -2.30. The van der Waals surface area contributed by atoms with Crippen LogP contribution in [0.1, 0.15) is 188 Å². The fourth-order valence-corrected chi connectivity index (χ4v) is 5.97. The maximum atomic E-state index is 12.8. The fourth-order valence-electron chi connectivity index (χ4n) is 5.97. The van der Waals surface area contributed by atoms with Crippen LogP contribution in [0.25, 0.3) is 0 Å². The van der Waals surface area contributed by atoms with Crippen LogP contribution in [0.5, 0.6) is 0 Å². The lowest BCUT2D eigenvalue weighted by molar-refractivity contribution is -0.166. The average Bonchev–Trinajstić information content (AvgIpc) is 3.28. The van der Waals surface area contributed by atoms with Gasteiger partial charge in [-0.1, -0.05) is 187 Å². The Morgan fingerprint density at radius 2 is 0.651 bits per heavy atom. The second-order valence-corrected chi connectivity index (χ2v) is 15.6. The standard InChI is InChI=1S/C57H88O6/c1-4-7-10-13-16-19-22-24-26-27-28-29-31-32-35-38-41-44-47-50-56(59)62-53-54(52-61-55(58)49-46-43-40-37-34-21-18-15-12-9-6-3)63-57(60)51-48-45-42-39-36-33-30-25-23-20-17-14-11-8-5-2/h7-8,10-11,15-20,24-26,28-30,32,35-36,39,41,44,54H,4-6,9,12-14,21-23,27,31,33-34,37-38,40,42-43,45-53H2,1-3H3/b10-7-,11-8-,18-15-,19-16-,20-17-,26-24-,29-28-,30-25-,35-32-,39-36-,44-41-. The molecule has 6 nitrogen and oxygen atoms in total. The number of rotatable bonds is 42. The molecule has 0 aromatic carbocycles. The normalized spacial score (nSPS) is 13.3. The third-order valence-electron chi connectivity index (χ3n) is 9.63. The highest BCUT2D eigenvalue weighted by Gasteiger charge is 2.19. The van der Waals surface area contributed by atoms with Gasteiger partial charge in [0.1, 0.15) is 13.2 Å². The van der Waals surface area contributed by atoms with Crippen LogP contribution in [0.15, 0.2) is 134 Å². The molecule has 352 valence electrons. The third-order valence-corrected chi connectivity index (χ3v) is 9.63. The number of carbonyl (C=O) groups is 3. The van der Waals surface area contributed by atoms with E-state index in [1.54, 1.807) is 0 Å². The molecule has 0 aromatic heterocycles. The van der Waals surface area contributed by atoms with Gasteiger partial charge in [-0.15, -0.1) is 0 Å². The Morgan fingerprint density at radius 1 is 0.333 bits per heavy atom. The molecule has 0 aliphatic rings. The first kappa shape index (κ1) is 58.6. The zero-order valence-corrected chi connectivity index (χ0v) is 40.0. The molecule has 1 unspecified atom stereocenters. The molecule has 0 aromatic rings. The molecule has 0 spiro atoms. The summed E-state index contributed by atoms with van der Waals surface area (Å²) in [6, 6.07) is 0. The van der Waals surface area contributed by atoms with E-state index in [9.17, 15) is 14.4 Å². The molecule has 1 atom stereocenters. The predicted octanol–water partition coefficient (Wildman–Crippen LogP) is 16.3. The van der Waals surface area contributed by atoms with Gasteiger partial charge >= 0.3 is 17.9 Å². The topological polar surface area (TPSA) is 78.9 Å². The fraction of sp³-hybridized carbons (Fsp3) is 0.561. The average molecular weight is 869 g/mol. The minimum Gasteiger partial charge on any atom is -0.462 e. The van der Waals surface area contributed by atoms with Gasteiger partial charge in [0.25, 0.3) is 0 Å². The van der Waals surface area contributed by atoms with E-state index in [-0.39, 0.29) is 44.0 Å². The van der Waals surface area contributed by atoms with Crippen molar-refractivity contribution in [3.05, 3.63) is 134 Å². The van der Waals surface area contributed by atoms with Crippen molar-refractivity contribution in [2.24, 2.45) is 0 Å².